The molecular weight excluding hydrogens is 288 g/mol. The summed E-state index contributed by atoms with van der Waals surface area (Å²) in [6.45, 7) is 3.77. The molecule has 0 unspecified atom stereocenters. The Balaban J connectivity index is 2.11. The van der Waals surface area contributed by atoms with Gasteiger partial charge in [-0.15, -0.1) is 11.3 Å². The summed E-state index contributed by atoms with van der Waals surface area (Å²) in [5.74, 6) is -1.40. The molecule has 2 aromatic heterocycles. The van der Waals surface area contributed by atoms with Crippen LogP contribution in [0.25, 0.3) is 0 Å². The standard InChI is InChI=1S/C15H16N2O3S/c1-9-7-12(10(2)21-9)14(18)17-13(15(19)20)8-11-3-5-16-6-4-11/h3-7,13H,8H2,1-2H3,(H,17,18)(H,19,20)/t13-/m0/s1. The molecule has 2 rings (SSSR count). The predicted octanol–water partition coefficient (Wildman–Crippen LogP) is 2.19. The summed E-state index contributed by atoms with van der Waals surface area (Å²) < 4.78 is 0. The number of rotatable bonds is 5. The molecule has 2 heterocycles. The van der Waals surface area contributed by atoms with E-state index in [9.17, 15) is 14.7 Å². The van der Waals surface area contributed by atoms with Crippen molar-refractivity contribution in [2.75, 3.05) is 0 Å². The van der Waals surface area contributed by atoms with Gasteiger partial charge in [0.25, 0.3) is 5.91 Å². The van der Waals surface area contributed by atoms with Gasteiger partial charge in [0.15, 0.2) is 0 Å². The van der Waals surface area contributed by atoms with Crippen molar-refractivity contribution in [1.82, 2.24) is 10.3 Å². The van der Waals surface area contributed by atoms with Crippen LogP contribution >= 0.6 is 11.3 Å². The molecule has 0 aromatic carbocycles. The molecule has 0 spiro atoms. The number of carbonyl (C=O) groups is 2. The van der Waals surface area contributed by atoms with Crippen LogP contribution < -0.4 is 5.32 Å². The van der Waals surface area contributed by atoms with Crippen LogP contribution in [-0.2, 0) is 11.2 Å². The third-order valence-corrected chi connectivity index (χ3v) is 4.04. The van der Waals surface area contributed by atoms with E-state index in [4.69, 9.17) is 0 Å². The van der Waals surface area contributed by atoms with E-state index in [0.717, 1.165) is 15.3 Å². The van der Waals surface area contributed by atoms with Crippen molar-refractivity contribution in [2.24, 2.45) is 0 Å². The number of thiophene rings is 1. The molecule has 21 heavy (non-hydrogen) atoms. The zero-order valence-corrected chi connectivity index (χ0v) is 12.6. The number of aliphatic carboxylic acids is 1. The fourth-order valence-corrected chi connectivity index (χ4v) is 2.97. The van der Waals surface area contributed by atoms with E-state index >= 15 is 0 Å². The minimum atomic E-state index is -1.05. The van der Waals surface area contributed by atoms with Crippen LogP contribution in [0, 0.1) is 13.8 Å². The van der Waals surface area contributed by atoms with Crippen LogP contribution in [0.5, 0.6) is 0 Å². The van der Waals surface area contributed by atoms with Gasteiger partial charge in [0.1, 0.15) is 6.04 Å². The van der Waals surface area contributed by atoms with Gasteiger partial charge in [-0.25, -0.2) is 4.79 Å². The van der Waals surface area contributed by atoms with E-state index in [1.807, 2.05) is 13.8 Å². The highest BCUT2D eigenvalue weighted by Crippen LogP contribution is 2.20. The molecule has 110 valence electrons. The summed E-state index contributed by atoms with van der Waals surface area (Å²) >= 11 is 1.52. The number of aryl methyl sites for hydroxylation is 2. The average Bonchev–Trinajstić information content (AvgIpc) is 2.78. The van der Waals surface area contributed by atoms with E-state index in [2.05, 4.69) is 10.3 Å². The van der Waals surface area contributed by atoms with Crippen molar-refractivity contribution in [3.8, 4) is 0 Å². The molecule has 2 aromatic rings. The van der Waals surface area contributed by atoms with E-state index in [1.165, 1.54) is 11.3 Å². The zero-order valence-electron chi connectivity index (χ0n) is 11.8. The van der Waals surface area contributed by atoms with Gasteiger partial charge >= 0.3 is 5.97 Å². The van der Waals surface area contributed by atoms with E-state index in [0.29, 0.717) is 5.56 Å². The summed E-state index contributed by atoms with van der Waals surface area (Å²) in [4.78, 5) is 29.3. The van der Waals surface area contributed by atoms with Gasteiger partial charge < -0.3 is 10.4 Å². The molecule has 0 aliphatic carbocycles. The minimum Gasteiger partial charge on any atom is -0.480 e. The van der Waals surface area contributed by atoms with Crippen molar-refractivity contribution in [1.29, 1.82) is 0 Å². The first-order valence-electron chi connectivity index (χ1n) is 6.47. The normalized spacial score (nSPS) is 11.9. The van der Waals surface area contributed by atoms with E-state index in [-0.39, 0.29) is 12.3 Å². The molecule has 0 fully saturated rings. The van der Waals surface area contributed by atoms with Crippen molar-refractivity contribution in [3.05, 3.63) is 51.5 Å². The molecule has 0 saturated carbocycles. The first-order valence-corrected chi connectivity index (χ1v) is 7.28. The topological polar surface area (TPSA) is 79.3 Å². The van der Waals surface area contributed by atoms with Crippen LogP contribution in [0.3, 0.4) is 0 Å². The maximum Gasteiger partial charge on any atom is 0.326 e. The first-order chi connectivity index (χ1) is 9.97. The monoisotopic (exact) mass is 304 g/mol. The van der Waals surface area contributed by atoms with Crippen molar-refractivity contribution in [2.45, 2.75) is 26.3 Å². The van der Waals surface area contributed by atoms with Gasteiger partial charge in [-0.05, 0) is 37.6 Å². The third kappa shape index (κ3) is 3.88. The van der Waals surface area contributed by atoms with Gasteiger partial charge in [-0.2, -0.15) is 0 Å². The largest absolute Gasteiger partial charge is 0.480 e. The number of hydrogen-bond acceptors (Lipinski definition) is 4. The maximum atomic E-state index is 12.2. The lowest BCUT2D eigenvalue weighted by Gasteiger charge is -2.14. The van der Waals surface area contributed by atoms with Crippen molar-refractivity contribution < 1.29 is 14.7 Å². The molecule has 1 atom stereocenters. The van der Waals surface area contributed by atoms with Crippen LogP contribution in [0.2, 0.25) is 0 Å². The average molecular weight is 304 g/mol. The van der Waals surface area contributed by atoms with Gasteiger partial charge in [-0.1, -0.05) is 0 Å². The van der Waals surface area contributed by atoms with E-state index < -0.39 is 12.0 Å². The Morgan fingerprint density at radius 3 is 2.52 bits per heavy atom. The Morgan fingerprint density at radius 2 is 2.00 bits per heavy atom. The number of carbonyl (C=O) groups excluding carboxylic acids is 1. The predicted molar refractivity (Wildman–Crippen MR) is 80.6 cm³/mol. The third-order valence-electron chi connectivity index (χ3n) is 3.08. The fraction of sp³-hybridized carbons (Fsp3) is 0.267. The second-order valence-corrected chi connectivity index (χ2v) is 6.21. The molecule has 2 N–H and O–H groups in total. The number of carboxylic acid groups (broad SMARTS) is 1. The molecule has 1 amide bonds. The highest BCUT2D eigenvalue weighted by atomic mass is 32.1. The van der Waals surface area contributed by atoms with Crippen LogP contribution in [0.15, 0.2) is 30.6 Å². The molecule has 6 heteroatoms. The Bertz CT molecular complexity index is 652. The quantitative estimate of drug-likeness (QED) is 0.887. The molecule has 0 aliphatic heterocycles. The second-order valence-electron chi connectivity index (χ2n) is 4.75. The summed E-state index contributed by atoms with van der Waals surface area (Å²) in [7, 11) is 0. The Hall–Kier alpha value is -2.21. The van der Waals surface area contributed by atoms with Crippen molar-refractivity contribution >= 4 is 23.2 Å². The number of amides is 1. The Kier molecular flexibility index (Phi) is 4.70. The first kappa shape index (κ1) is 15.2. The van der Waals surface area contributed by atoms with Gasteiger partial charge in [0.05, 0.1) is 5.56 Å². The van der Waals surface area contributed by atoms with Crippen LogP contribution in [0.1, 0.15) is 25.7 Å². The number of carboxylic acids is 1. The molecule has 0 saturated heterocycles. The SMILES string of the molecule is Cc1cc(C(=O)N[C@@H](Cc2ccncc2)C(=O)O)c(C)s1. The summed E-state index contributed by atoms with van der Waals surface area (Å²) in [6.07, 6.45) is 3.43. The highest BCUT2D eigenvalue weighted by Gasteiger charge is 2.22. The number of pyridine rings is 1. The molecule has 0 aliphatic rings. The van der Waals surface area contributed by atoms with Crippen LogP contribution in [-0.4, -0.2) is 28.0 Å². The molecule has 5 nitrogen and oxygen atoms in total. The second kappa shape index (κ2) is 6.49. The highest BCUT2D eigenvalue weighted by molar-refractivity contribution is 7.12. The lowest BCUT2D eigenvalue weighted by Crippen LogP contribution is -2.42. The number of nitrogens with one attached hydrogen (secondary N) is 1. The molecule has 0 radical (unpaired) electrons. The zero-order chi connectivity index (χ0) is 15.4. The summed E-state index contributed by atoms with van der Waals surface area (Å²) in [5, 5.41) is 11.9. The number of nitrogens with zero attached hydrogens (tertiary/aromatic N) is 1. The van der Waals surface area contributed by atoms with Crippen LogP contribution in [0.4, 0.5) is 0 Å². The van der Waals surface area contributed by atoms with Gasteiger partial charge in [0, 0.05) is 28.6 Å². The lowest BCUT2D eigenvalue weighted by molar-refractivity contribution is -0.139. The van der Waals surface area contributed by atoms with Gasteiger partial charge in [0.2, 0.25) is 0 Å². The summed E-state index contributed by atoms with van der Waals surface area (Å²) in [5.41, 5.74) is 1.36. The number of hydrogen-bond donors (Lipinski definition) is 2. The summed E-state index contributed by atoms with van der Waals surface area (Å²) in [6, 6.07) is 4.30. The van der Waals surface area contributed by atoms with E-state index in [1.54, 1.807) is 30.6 Å². The molecular formula is C15H16N2O3S. The fourth-order valence-electron chi connectivity index (χ4n) is 2.05. The number of aromatic nitrogens is 1. The van der Waals surface area contributed by atoms with Gasteiger partial charge in [-0.3, -0.25) is 9.78 Å². The smallest absolute Gasteiger partial charge is 0.326 e. The van der Waals surface area contributed by atoms with Crippen molar-refractivity contribution in [3.63, 3.8) is 0 Å². The maximum absolute atomic E-state index is 12.2. The molecule has 0 bridgehead atoms. The lowest BCUT2D eigenvalue weighted by atomic mass is 10.1. The Labute approximate surface area is 126 Å². The minimum absolute atomic E-state index is 0.228. The Morgan fingerprint density at radius 1 is 1.33 bits per heavy atom.